The molecular formula is C32H20F6N2O6. The molecule has 0 radical (unpaired) electrons. The van der Waals surface area contributed by atoms with E-state index in [9.17, 15) is 36.4 Å². The van der Waals surface area contributed by atoms with Gasteiger partial charge in [0.25, 0.3) is 0 Å². The summed E-state index contributed by atoms with van der Waals surface area (Å²) in [5.41, 5.74) is 7.82. The molecule has 14 heteroatoms. The van der Waals surface area contributed by atoms with Gasteiger partial charge in [-0.1, -0.05) is 24.3 Å². The first-order valence-electron chi connectivity index (χ1n) is 13.1. The first-order chi connectivity index (χ1) is 22.0. The number of carbonyl (C=O) groups excluding carboxylic acids is 1. The molecule has 0 bridgehead atoms. The van der Waals surface area contributed by atoms with Crippen molar-refractivity contribution in [2.75, 3.05) is 13.7 Å². The number of hydrogen-bond acceptors (Lipinski definition) is 8. The number of nitriles is 1. The Kier molecular flexibility index (Phi) is 8.94. The van der Waals surface area contributed by atoms with Crippen molar-refractivity contribution in [2.45, 2.75) is 12.5 Å². The van der Waals surface area contributed by atoms with Crippen LogP contribution in [0.2, 0.25) is 0 Å². The fourth-order valence-corrected chi connectivity index (χ4v) is 4.57. The number of allylic oxidation sites excluding steroid dienone is 1. The first-order valence-corrected chi connectivity index (χ1v) is 13.1. The third kappa shape index (κ3) is 6.20. The molecule has 0 amide bonds. The van der Waals surface area contributed by atoms with Crippen LogP contribution < -0.4 is 29.4 Å². The van der Waals surface area contributed by atoms with Crippen molar-refractivity contribution in [2.24, 2.45) is 5.73 Å². The summed E-state index contributed by atoms with van der Waals surface area (Å²) in [5, 5.41) is 9.89. The van der Waals surface area contributed by atoms with Crippen LogP contribution in [0.1, 0.15) is 22.6 Å². The summed E-state index contributed by atoms with van der Waals surface area (Å²) < 4.78 is 108. The number of fused-ring (bicyclic) bond motifs is 1. The Balaban J connectivity index is 1.35. The van der Waals surface area contributed by atoms with Crippen LogP contribution in [0.4, 0.5) is 26.3 Å². The van der Waals surface area contributed by atoms with Crippen LogP contribution in [0.5, 0.6) is 28.7 Å². The molecule has 4 aromatic carbocycles. The minimum absolute atomic E-state index is 0.0653. The van der Waals surface area contributed by atoms with Crippen LogP contribution in [-0.4, -0.2) is 19.7 Å². The van der Waals surface area contributed by atoms with Crippen molar-refractivity contribution >= 4 is 5.97 Å². The third-order valence-corrected chi connectivity index (χ3v) is 6.75. The monoisotopic (exact) mass is 642 g/mol. The maximum atomic E-state index is 13.9. The van der Waals surface area contributed by atoms with E-state index in [-0.39, 0.29) is 35.4 Å². The smallest absolute Gasteiger partial charge is 0.349 e. The molecule has 236 valence electrons. The molecule has 1 unspecified atom stereocenters. The molecule has 1 aliphatic rings. The van der Waals surface area contributed by atoms with Gasteiger partial charge in [0.15, 0.2) is 23.9 Å². The largest absolute Gasteiger partial charge is 0.493 e. The highest BCUT2D eigenvalue weighted by Crippen LogP contribution is 2.45. The lowest BCUT2D eigenvalue weighted by molar-refractivity contribution is -0.136. The van der Waals surface area contributed by atoms with Crippen molar-refractivity contribution in [3.05, 3.63) is 124 Å². The van der Waals surface area contributed by atoms with E-state index in [4.69, 9.17) is 24.7 Å². The minimum Gasteiger partial charge on any atom is -0.493 e. The van der Waals surface area contributed by atoms with Gasteiger partial charge in [-0.25, -0.2) is 22.4 Å². The van der Waals surface area contributed by atoms with Gasteiger partial charge < -0.3 is 29.4 Å². The van der Waals surface area contributed by atoms with Gasteiger partial charge in [-0.2, -0.15) is 14.0 Å². The van der Waals surface area contributed by atoms with E-state index in [1.54, 1.807) is 30.3 Å². The van der Waals surface area contributed by atoms with Gasteiger partial charge in [-0.3, -0.25) is 0 Å². The highest BCUT2D eigenvalue weighted by atomic mass is 19.2. The summed E-state index contributed by atoms with van der Waals surface area (Å²) in [5.74, 6) is -15.0. The predicted molar refractivity (Wildman–Crippen MR) is 147 cm³/mol. The third-order valence-electron chi connectivity index (χ3n) is 6.75. The molecule has 1 atom stereocenters. The second-order valence-electron chi connectivity index (χ2n) is 9.61. The summed E-state index contributed by atoms with van der Waals surface area (Å²) in [6, 6.07) is 16.8. The summed E-state index contributed by atoms with van der Waals surface area (Å²) in [6.07, 6.45) is 0. The van der Waals surface area contributed by atoms with Crippen LogP contribution in [-0.2, 0) is 11.4 Å². The number of halogens is 6. The standard InChI is InChI=1S/C32H20F6N2O6/c1-42-23-10-16(4-9-21(23)43-13-15-2-5-17(33)6-3-15)25-19-8-7-18(11-22(19)46-32(40)20(25)12-39)45-24(41)14-44-31-29(37)27(35)26(34)28(36)30(31)38/h2-11,25H,13-14,40H2,1H3. The van der Waals surface area contributed by atoms with E-state index in [0.29, 0.717) is 28.2 Å². The van der Waals surface area contributed by atoms with Gasteiger partial charge in [0.2, 0.25) is 35.0 Å². The zero-order valence-corrected chi connectivity index (χ0v) is 23.5. The summed E-state index contributed by atoms with van der Waals surface area (Å²) in [7, 11) is 1.42. The molecule has 0 aliphatic carbocycles. The highest BCUT2D eigenvalue weighted by Gasteiger charge is 2.32. The fourth-order valence-electron chi connectivity index (χ4n) is 4.57. The summed E-state index contributed by atoms with van der Waals surface area (Å²) in [6.45, 7) is -1.09. The molecule has 0 saturated heterocycles. The Morgan fingerprint density at radius 2 is 1.54 bits per heavy atom. The van der Waals surface area contributed by atoms with Gasteiger partial charge in [-0.15, -0.1) is 0 Å². The van der Waals surface area contributed by atoms with E-state index in [1.807, 2.05) is 6.07 Å². The fraction of sp³-hybridized carbons (Fsp3) is 0.125. The molecule has 0 saturated carbocycles. The van der Waals surface area contributed by atoms with Gasteiger partial charge in [0.05, 0.1) is 13.0 Å². The average Bonchev–Trinajstić information content (AvgIpc) is 3.05. The molecule has 8 nitrogen and oxygen atoms in total. The average molecular weight is 643 g/mol. The number of ether oxygens (including phenoxy) is 5. The minimum atomic E-state index is -2.38. The second kappa shape index (κ2) is 13.0. The molecule has 0 aromatic heterocycles. The second-order valence-corrected chi connectivity index (χ2v) is 9.61. The number of nitrogens with two attached hydrogens (primary N) is 1. The van der Waals surface area contributed by atoms with Gasteiger partial charge in [-0.05, 0) is 41.5 Å². The number of benzene rings is 4. The number of hydrogen-bond donors (Lipinski definition) is 1. The zero-order chi connectivity index (χ0) is 33.1. The van der Waals surface area contributed by atoms with Crippen molar-refractivity contribution in [3.8, 4) is 34.8 Å². The van der Waals surface area contributed by atoms with Gasteiger partial charge in [0.1, 0.15) is 35.6 Å². The molecule has 0 spiro atoms. The quantitative estimate of drug-likeness (QED) is 0.0743. The first kappa shape index (κ1) is 31.6. The molecule has 46 heavy (non-hydrogen) atoms. The molecule has 5 rings (SSSR count). The normalized spacial score (nSPS) is 13.7. The predicted octanol–water partition coefficient (Wildman–Crippen LogP) is 6.31. The Morgan fingerprint density at radius 3 is 2.20 bits per heavy atom. The number of carbonyl (C=O) groups is 1. The van der Waals surface area contributed by atoms with Crippen LogP contribution in [0.15, 0.2) is 72.1 Å². The molecule has 4 aromatic rings. The van der Waals surface area contributed by atoms with E-state index < -0.39 is 53.3 Å². The van der Waals surface area contributed by atoms with Crippen LogP contribution in [0, 0.1) is 46.2 Å². The van der Waals surface area contributed by atoms with E-state index >= 15 is 0 Å². The summed E-state index contributed by atoms with van der Waals surface area (Å²) >= 11 is 0. The number of rotatable bonds is 9. The lowest BCUT2D eigenvalue weighted by atomic mass is 9.83. The SMILES string of the molecule is COc1cc(C2C(C#N)=C(N)Oc3cc(OC(=O)COc4c(F)c(F)c(F)c(F)c4F)ccc32)ccc1OCc1ccc(F)cc1. The number of methoxy groups -OCH3 is 1. The Morgan fingerprint density at radius 1 is 0.870 bits per heavy atom. The Hall–Kier alpha value is -5.84. The molecule has 2 N–H and O–H groups in total. The number of nitrogens with zero attached hydrogens (tertiary/aromatic N) is 1. The van der Waals surface area contributed by atoms with Crippen LogP contribution in [0.3, 0.4) is 0 Å². The Labute approximate surface area is 256 Å². The van der Waals surface area contributed by atoms with E-state index in [1.165, 1.54) is 37.4 Å². The molecule has 1 aliphatic heterocycles. The highest BCUT2D eigenvalue weighted by molar-refractivity contribution is 5.74. The van der Waals surface area contributed by atoms with Crippen LogP contribution in [0.25, 0.3) is 0 Å². The van der Waals surface area contributed by atoms with Gasteiger partial charge in [0, 0.05) is 11.6 Å². The van der Waals surface area contributed by atoms with Crippen molar-refractivity contribution in [1.82, 2.24) is 0 Å². The summed E-state index contributed by atoms with van der Waals surface area (Å²) in [4.78, 5) is 12.3. The maximum absolute atomic E-state index is 13.9. The van der Waals surface area contributed by atoms with Crippen molar-refractivity contribution < 1.29 is 54.8 Å². The molecule has 1 heterocycles. The topological polar surface area (TPSA) is 113 Å². The Bertz CT molecular complexity index is 1880. The van der Waals surface area contributed by atoms with E-state index in [2.05, 4.69) is 4.74 Å². The number of esters is 1. The lowest BCUT2D eigenvalue weighted by Gasteiger charge is -2.27. The lowest BCUT2D eigenvalue weighted by Crippen LogP contribution is -2.22. The van der Waals surface area contributed by atoms with Crippen molar-refractivity contribution in [1.29, 1.82) is 5.26 Å². The van der Waals surface area contributed by atoms with Gasteiger partial charge >= 0.3 is 5.97 Å². The van der Waals surface area contributed by atoms with E-state index in [0.717, 1.165) is 0 Å². The molecular weight excluding hydrogens is 622 g/mol. The van der Waals surface area contributed by atoms with Crippen LogP contribution >= 0.6 is 0 Å². The maximum Gasteiger partial charge on any atom is 0.349 e. The zero-order valence-electron chi connectivity index (χ0n) is 23.5. The molecule has 0 fully saturated rings. The van der Waals surface area contributed by atoms with Crippen molar-refractivity contribution in [3.63, 3.8) is 0 Å².